The molecule has 0 unspecified atom stereocenters. The SMILES string of the molecule is c1ccc(-c2ccc3cc(-c4cccc(-c5nc(-c6ccc7ccccc7c6)nc(-c6ccc7cc8ccccc8cc7c6)n5)c4)ccc3c2)cc1. The number of hydrogen-bond donors (Lipinski definition) is 0. The van der Waals surface area contributed by atoms with Crippen molar-refractivity contribution in [1.82, 2.24) is 15.0 Å². The van der Waals surface area contributed by atoms with E-state index in [0.717, 1.165) is 38.6 Å². The van der Waals surface area contributed by atoms with Gasteiger partial charge < -0.3 is 0 Å². The van der Waals surface area contributed by atoms with Crippen molar-refractivity contribution in [3.05, 3.63) is 188 Å². The molecule has 0 aliphatic heterocycles. The fourth-order valence-electron chi connectivity index (χ4n) is 7.24. The summed E-state index contributed by atoms with van der Waals surface area (Å²) in [6, 6.07) is 66.7. The van der Waals surface area contributed by atoms with Crippen molar-refractivity contribution < 1.29 is 0 Å². The van der Waals surface area contributed by atoms with E-state index in [9.17, 15) is 0 Å². The Morgan fingerprint density at radius 1 is 0.192 bits per heavy atom. The van der Waals surface area contributed by atoms with Crippen LogP contribution in [0, 0.1) is 0 Å². The van der Waals surface area contributed by atoms with E-state index in [1.165, 1.54) is 43.4 Å². The molecule has 0 saturated heterocycles. The molecule has 1 heterocycles. The highest BCUT2D eigenvalue weighted by Gasteiger charge is 2.15. The van der Waals surface area contributed by atoms with E-state index < -0.39 is 0 Å². The van der Waals surface area contributed by atoms with Gasteiger partial charge in [0, 0.05) is 16.7 Å². The Morgan fingerprint density at radius 3 is 1.17 bits per heavy atom. The predicted octanol–water partition coefficient (Wildman–Crippen LogP) is 12.8. The summed E-state index contributed by atoms with van der Waals surface area (Å²) in [7, 11) is 0. The van der Waals surface area contributed by atoms with Crippen LogP contribution < -0.4 is 0 Å². The fourth-order valence-corrected chi connectivity index (χ4v) is 7.24. The van der Waals surface area contributed by atoms with Crippen LogP contribution in [-0.2, 0) is 0 Å². The molecule has 10 rings (SSSR count). The van der Waals surface area contributed by atoms with Gasteiger partial charge in [0.15, 0.2) is 17.5 Å². The Labute approximate surface area is 301 Å². The highest BCUT2D eigenvalue weighted by atomic mass is 15.0. The van der Waals surface area contributed by atoms with Crippen LogP contribution >= 0.6 is 0 Å². The summed E-state index contributed by atoms with van der Waals surface area (Å²) in [5, 5.41) is 9.52. The third-order valence-corrected chi connectivity index (χ3v) is 10.0. The van der Waals surface area contributed by atoms with Gasteiger partial charge in [-0.15, -0.1) is 0 Å². The molecular weight excluding hydrogens is 631 g/mol. The number of aromatic nitrogens is 3. The van der Waals surface area contributed by atoms with Crippen LogP contribution in [0.15, 0.2) is 188 Å². The summed E-state index contributed by atoms with van der Waals surface area (Å²) >= 11 is 0. The summed E-state index contributed by atoms with van der Waals surface area (Å²) in [4.78, 5) is 15.3. The van der Waals surface area contributed by atoms with Crippen molar-refractivity contribution in [2.75, 3.05) is 0 Å². The first-order chi connectivity index (χ1) is 25.7. The average Bonchev–Trinajstić information content (AvgIpc) is 3.22. The van der Waals surface area contributed by atoms with Gasteiger partial charge >= 0.3 is 0 Å². The van der Waals surface area contributed by atoms with E-state index in [0.29, 0.717) is 17.5 Å². The Balaban J connectivity index is 1.08. The molecule has 0 aliphatic rings. The number of benzene rings is 9. The lowest BCUT2D eigenvalue weighted by Crippen LogP contribution is -2.00. The van der Waals surface area contributed by atoms with Crippen LogP contribution in [-0.4, -0.2) is 15.0 Å². The highest BCUT2D eigenvalue weighted by Crippen LogP contribution is 2.33. The smallest absolute Gasteiger partial charge is 0.164 e. The zero-order valence-corrected chi connectivity index (χ0v) is 28.2. The molecule has 0 fully saturated rings. The summed E-state index contributed by atoms with van der Waals surface area (Å²) in [6.45, 7) is 0. The van der Waals surface area contributed by atoms with Crippen LogP contribution in [0.1, 0.15) is 0 Å². The van der Waals surface area contributed by atoms with E-state index in [1.54, 1.807) is 0 Å². The third-order valence-electron chi connectivity index (χ3n) is 10.0. The molecule has 0 bridgehead atoms. The summed E-state index contributed by atoms with van der Waals surface area (Å²) in [6.07, 6.45) is 0. The van der Waals surface area contributed by atoms with Gasteiger partial charge in [-0.25, -0.2) is 15.0 Å². The van der Waals surface area contributed by atoms with Crippen molar-refractivity contribution in [3.63, 3.8) is 0 Å². The number of hydrogen-bond acceptors (Lipinski definition) is 3. The lowest BCUT2D eigenvalue weighted by atomic mass is 9.97. The van der Waals surface area contributed by atoms with Gasteiger partial charge in [-0.05, 0) is 108 Å². The maximum absolute atomic E-state index is 5.13. The van der Waals surface area contributed by atoms with Gasteiger partial charge in [-0.3, -0.25) is 0 Å². The first-order valence-corrected chi connectivity index (χ1v) is 17.6. The maximum Gasteiger partial charge on any atom is 0.164 e. The van der Waals surface area contributed by atoms with E-state index >= 15 is 0 Å². The molecule has 0 spiro atoms. The minimum atomic E-state index is 0.641. The van der Waals surface area contributed by atoms with Gasteiger partial charge in [0.25, 0.3) is 0 Å². The highest BCUT2D eigenvalue weighted by molar-refractivity contribution is 5.99. The molecule has 3 nitrogen and oxygen atoms in total. The number of nitrogens with zero attached hydrogens (tertiary/aromatic N) is 3. The van der Waals surface area contributed by atoms with Gasteiger partial charge in [-0.1, -0.05) is 146 Å². The topological polar surface area (TPSA) is 38.7 Å². The molecule has 0 saturated carbocycles. The molecule has 0 amide bonds. The molecule has 0 N–H and O–H groups in total. The number of fused-ring (bicyclic) bond motifs is 4. The molecule has 10 aromatic rings. The van der Waals surface area contributed by atoms with Crippen molar-refractivity contribution in [3.8, 4) is 56.4 Å². The second-order valence-electron chi connectivity index (χ2n) is 13.4. The van der Waals surface area contributed by atoms with Gasteiger partial charge in [0.05, 0.1) is 0 Å². The molecule has 3 heteroatoms. The average molecular weight is 662 g/mol. The van der Waals surface area contributed by atoms with E-state index in [-0.39, 0.29) is 0 Å². The standard InChI is InChI=1S/C49H31N3/c1-2-9-32(10-3-1)38-18-19-41-27-39(20-21-40(41)26-38)37-15-8-16-43(29-37)47-50-48(44-23-17-33-11-4-5-12-34(33)28-44)52-49(51-47)45-24-22-42-25-35-13-6-7-14-36(35)30-46(42)31-45/h1-31H. The molecule has 0 atom stereocenters. The molecule has 0 radical (unpaired) electrons. The largest absolute Gasteiger partial charge is 0.208 e. The summed E-state index contributed by atoms with van der Waals surface area (Å²) in [5.41, 5.74) is 7.54. The Kier molecular flexibility index (Phi) is 7.14. The first kappa shape index (κ1) is 29.9. The number of rotatable bonds is 5. The fraction of sp³-hybridized carbons (Fsp3) is 0. The lowest BCUT2D eigenvalue weighted by molar-refractivity contribution is 1.08. The molecule has 9 aromatic carbocycles. The first-order valence-electron chi connectivity index (χ1n) is 17.6. The molecule has 242 valence electrons. The summed E-state index contributed by atoms with van der Waals surface area (Å²) < 4.78 is 0. The Hall–Kier alpha value is -6.97. The molecular formula is C49H31N3. The normalized spacial score (nSPS) is 11.5. The van der Waals surface area contributed by atoms with Crippen LogP contribution in [0.5, 0.6) is 0 Å². The zero-order valence-electron chi connectivity index (χ0n) is 28.2. The van der Waals surface area contributed by atoms with E-state index in [2.05, 4.69) is 188 Å². The quantitative estimate of drug-likeness (QED) is 0.172. The van der Waals surface area contributed by atoms with Crippen molar-refractivity contribution in [1.29, 1.82) is 0 Å². The van der Waals surface area contributed by atoms with Crippen molar-refractivity contribution in [2.45, 2.75) is 0 Å². The second kappa shape index (κ2) is 12.4. The Bertz CT molecular complexity index is 2970. The minimum absolute atomic E-state index is 0.641. The third kappa shape index (κ3) is 5.55. The minimum Gasteiger partial charge on any atom is -0.208 e. The summed E-state index contributed by atoms with van der Waals surface area (Å²) in [5.74, 6) is 1.94. The van der Waals surface area contributed by atoms with Gasteiger partial charge in [-0.2, -0.15) is 0 Å². The van der Waals surface area contributed by atoms with Crippen LogP contribution in [0.2, 0.25) is 0 Å². The monoisotopic (exact) mass is 661 g/mol. The molecule has 0 aliphatic carbocycles. The predicted molar refractivity (Wildman–Crippen MR) is 217 cm³/mol. The Morgan fingerprint density at radius 2 is 0.538 bits per heavy atom. The van der Waals surface area contributed by atoms with E-state index in [1.807, 2.05) is 0 Å². The molecule has 52 heavy (non-hydrogen) atoms. The van der Waals surface area contributed by atoms with Crippen LogP contribution in [0.4, 0.5) is 0 Å². The zero-order chi connectivity index (χ0) is 34.4. The lowest BCUT2D eigenvalue weighted by Gasteiger charge is -2.11. The molecule has 1 aromatic heterocycles. The van der Waals surface area contributed by atoms with Crippen LogP contribution in [0.3, 0.4) is 0 Å². The maximum atomic E-state index is 5.13. The van der Waals surface area contributed by atoms with Crippen molar-refractivity contribution >= 4 is 43.1 Å². The van der Waals surface area contributed by atoms with E-state index in [4.69, 9.17) is 15.0 Å². The van der Waals surface area contributed by atoms with Crippen molar-refractivity contribution in [2.24, 2.45) is 0 Å². The second-order valence-corrected chi connectivity index (χ2v) is 13.4. The van der Waals surface area contributed by atoms with Gasteiger partial charge in [0.1, 0.15) is 0 Å². The van der Waals surface area contributed by atoms with Crippen LogP contribution in [0.25, 0.3) is 99.5 Å². The van der Waals surface area contributed by atoms with Gasteiger partial charge in [0.2, 0.25) is 0 Å².